The highest BCUT2D eigenvalue weighted by Gasteiger charge is 2.44. The Hall–Kier alpha value is -1.85. The molecule has 7 unspecified atom stereocenters. The standard InChI is InChI=1S/C47H85NO8/c1-3-5-7-9-11-13-15-17-18-19-20-21-22-23-24-25-27-29-31-33-35-37-43(51)48-40(39-55-47-46(54)45(53)44(52)42(38-49)56-47)41(50)36-34-32-30-28-26-16-14-12-10-8-6-4-2/h15,17,19-20,26,28,34,36,40-42,44-47,49-50,52-54H,3-14,16,18,21-25,27,29-33,35,37-39H2,1-2H3,(H,48,51)/b17-15-,20-19-,28-26+,36-34+. The number of carbonyl (C=O) groups excluding carboxylic acids is 1. The number of allylic oxidation sites excluding steroid dienone is 7. The average Bonchev–Trinajstić information content (AvgIpc) is 3.20. The maximum absolute atomic E-state index is 12.9. The molecule has 1 aliphatic heterocycles. The van der Waals surface area contributed by atoms with Crippen LogP contribution in [0.1, 0.15) is 187 Å². The fourth-order valence-electron chi connectivity index (χ4n) is 6.91. The third-order valence-corrected chi connectivity index (χ3v) is 10.6. The van der Waals surface area contributed by atoms with E-state index < -0.39 is 49.5 Å². The van der Waals surface area contributed by atoms with Gasteiger partial charge >= 0.3 is 0 Å². The number of carbonyl (C=O) groups is 1. The zero-order valence-electron chi connectivity index (χ0n) is 35.6. The van der Waals surface area contributed by atoms with E-state index in [1.165, 1.54) is 116 Å². The van der Waals surface area contributed by atoms with Crippen LogP contribution in [0.5, 0.6) is 0 Å². The van der Waals surface area contributed by atoms with Crippen molar-refractivity contribution in [2.24, 2.45) is 0 Å². The number of aliphatic hydroxyl groups is 5. The van der Waals surface area contributed by atoms with Crippen LogP contribution in [0.2, 0.25) is 0 Å². The van der Waals surface area contributed by atoms with Crippen LogP contribution in [0.25, 0.3) is 0 Å². The van der Waals surface area contributed by atoms with Gasteiger partial charge in [0.05, 0.1) is 25.4 Å². The van der Waals surface area contributed by atoms with Gasteiger partial charge in [-0.05, 0) is 64.2 Å². The molecule has 0 aromatic heterocycles. The summed E-state index contributed by atoms with van der Waals surface area (Å²) >= 11 is 0. The van der Waals surface area contributed by atoms with E-state index in [1.54, 1.807) is 6.08 Å². The molecule has 6 N–H and O–H groups in total. The van der Waals surface area contributed by atoms with Crippen LogP contribution < -0.4 is 5.32 Å². The second-order valence-corrected chi connectivity index (χ2v) is 15.8. The number of aliphatic hydroxyl groups excluding tert-OH is 5. The molecule has 326 valence electrons. The SMILES string of the molecule is CCCCCCC/C=C\C/C=C\CCCCCCCCCCCC(=O)NC(COC1OC(CO)C(O)C(O)C1O)C(O)/C=C/CC/C=C/CCCCCCCC. The zero-order chi connectivity index (χ0) is 40.9. The summed E-state index contributed by atoms with van der Waals surface area (Å²) in [7, 11) is 0. The minimum Gasteiger partial charge on any atom is -0.394 e. The zero-order valence-corrected chi connectivity index (χ0v) is 35.6. The Labute approximate surface area is 342 Å². The Bertz CT molecular complexity index is 1010. The lowest BCUT2D eigenvalue weighted by molar-refractivity contribution is -0.302. The molecule has 0 aromatic carbocycles. The molecule has 1 rings (SSSR count). The van der Waals surface area contributed by atoms with Crippen molar-refractivity contribution in [3.8, 4) is 0 Å². The van der Waals surface area contributed by atoms with Gasteiger partial charge in [-0.25, -0.2) is 0 Å². The molecule has 0 aromatic rings. The van der Waals surface area contributed by atoms with Crippen molar-refractivity contribution < 1.29 is 39.8 Å². The van der Waals surface area contributed by atoms with Crippen molar-refractivity contribution in [1.82, 2.24) is 5.32 Å². The van der Waals surface area contributed by atoms with Crippen LogP contribution in [-0.4, -0.2) is 87.5 Å². The molecule has 0 radical (unpaired) electrons. The molecule has 1 fully saturated rings. The molecule has 1 aliphatic rings. The first-order chi connectivity index (χ1) is 27.3. The second kappa shape index (κ2) is 37.4. The number of ether oxygens (including phenoxy) is 2. The maximum Gasteiger partial charge on any atom is 0.220 e. The predicted octanol–water partition coefficient (Wildman–Crippen LogP) is 9.45. The first kappa shape index (κ1) is 52.2. The van der Waals surface area contributed by atoms with Crippen molar-refractivity contribution >= 4 is 5.91 Å². The summed E-state index contributed by atoms with van der Waals surface area (Å²) in [5, 5.41) is 54.1. The number of amides is 1. The monoisotopic (exact) mass is 792 g/mol. The molecular formula is C47H85NO8. The van der Waals surface area contributed by atoms with Crippen LogP contribution in [0.15, 0.2) is 48.6 Å². The quantitative estimate of drug-likeness (QED) is 0.0269. The maximum atomic E-state index is 12.9. The number of hydrogen-bond acceptors (Lipinski definition) is 8. The fourth-order valence-corrected chi connectivity index (χ4v) is 6.91. The Balaban J connectivity index is 2.34. The molecular weight excluding hydrogens is 707 g/mol. The number of hydrogen-bond donors (Lipinski definition) is 6. The summed E-state index contributed by atoms with van der Waals surface area (Å²) in [6.45, 7) is 3.71. The van der Waals surface area contributed by atoms with Crippen LogP contribution >= 0.6 is 0 Å². The minimum absolute atomic E-state index is 0.194. The van der Waals surface area contributed by atoms with Gasteiger partial charge in [-0.1, -0.05) is 165 Å². The molecule has 9 nitrogen and oxygen atoms in total. The van der Waals surface area contributed by atoms with Gasteiger partial charge in [-0.3, -0.25) is 4.79 Å². The van der Waals surface area contributed by atoms with Crippen molar-refractivity contribution in [2.75, 3.05) is 13.2 Å². The summed E-state index contributed by atoms with van der Waals surface area (Å²) in [5.41, 5.74) is 0. The van der Waals surface area contributed by atoms with Gasteiger partial charge in [-0.2, -0.15) is 0 Å². The average molecular weight is 792 g/mol. The van der Waals surface area contributed by atoms with Crippen molar-refractivity contribution in [3.05, 3.63) is 48.6 Å². The van der Waals surface area contributed by atoms with E-state index in [4.69, 9.17) is 9.47 Å². The summed E-state index contributed by atoms with van der Waals surface area (Å²) in [6.07, 6.45) is 40.1. The first-order valence-corrected chi connectivity index (χ1v) is 22.9. The minimum atomic E-state index is -1.57. The third kappa shape index (κ3) is 27.7. The van der Waals surface area contributed by atoms with Gasteiger partial charge in [0.2, 0.25) is 5.91 Å². The number of unbranched alkanes of at least 4 members (excludes halogenated alkanes) is 21. The van der Waals surface area contributed by atoms with Gasteiger partial charge < -0.3 is 40.3 Å². The lowest BCUT2D eigenvalue weighted by atomic mass is 9.99. The topological polar surface area (TPSA) is 149 Å². The number of rotatable bonds is 37. The fraction of sp³-hybridized carbons (Fsp3) is 0.809. The molecule has 7 atom stereocenters. The first-order valence-electron chi connectivity index (χ1n) is 22.9. The molecule has 0 saturated carbocycles. The molecule has 0 aliphatic carbocycles. The Morgan fingerprint density at radius 1 is 0.607 bits per heavy atom. The van der Waals surface area contributed by atoms with Crippen LogP contribution in [0, 0.1) is 0 Å². The van der Waals surface area contributed by atoms with Gasteiger partial charge in [0.1, 0.15) is 24.4 Å². The molecule has 9 heteroatoms. The molecule has 0 bridgehead atoms. The van der Waals surface area contributed by atoms with Crippen molar-refractivity contribution in [3.63, 3.8) is 0 Å². The van der Waals surface area contributed by atoms with E-state index in [1.807, 2.05) is 6.08 Å². The van der Waals surface area contributed by atoms with Crippen LogP contribution in [-0.2, 0) is 14.3 Å². The third-order valence-electron chi connectivity index (χ3n) is 10.6. The normalized spacial score (nSPS) is 21.6. The molecule has 1 saturated heterocycles. The Morgan fingerprint density at radius 2 is 1.07 bits per heavy atom. The van der Waals surface area contributed by atoms with E-state index >= 15 is 0 Å². The van der Waals surface area contributed by atoms with E-state index in [0.717, 1.165) is 51.4 Å². The van der Waals surface area contributed by atoms with Crippen LogP contribution in [0.4, 0.5) is 0 Å². The van der Waals surface area contributed by atoms with Crippen molar-refractivity contribution in [1.29, 1.82) is 0 Å². The lowest BCUT2D eigenvalue weighted by Gasteiger charge is -2.40. The van der Waals surface area contributed by atoms with Crippen molar-refractivity contribution in [2.45, 2.75) is 230 Å². The highest BCUT2D eigenvalue weighted by atomic mass is 16.7. The number of nitrogens with one attached hydrogen (secondary N) is 1. The van der Waals surface area contributed by atoms with E-state index in [2.05, 4.69) is 55.6 Å². The second-order valence-electron chi connectivity index (χ2n) is 15.8. The van der Waals surface area contributed by atoms with E-state index in [0.29, 0.717) is 6.42 Å². The highest BCUT2D eigenvalue weighted by Crippen LogP contribution is 2.22. The molecule has 1 heterocycles. The van der Waals surface area contributed by atoms with Gasteiger partial charge in [0, 0.05) is 6.42 Å². The van der Waals surface area contributed by atoms with Gasteiger partial charge in [0.25, 0.3) is 0 Å². The van der Waals surface area contributed by atoms with E-state index in [-0.39, 0.29) is 12.5 Å². The Morgan fingerprint density at radius 3 is 1.61 bits per heavy atom. The highest BCUT2D eigenvalue weighted by molar-refractivity contribution is 5.76. The Kier molecular flexibility index (Phi) is 34.9. The smallest absolute Gasteiger partial charge is 0.220 e. The van der Waals surface area contributed by atoms with E-state index in [9.17, 15) is 30.3 Å². The molecule has 1 amide bonds. The van der Waals surface area contributed by atoms with Gasteiger partial charge in [0.15, 0.2) is 6.29 Å². The van der Waals surface area contributed by atoms with Crippen LogP contribution in [0.3, 0.4) is 0 Å². The molecule has 56 heavy (non-hydrogen) atoms. The molecule has 0 spiro atoms. The van der Waals surface area contributed by atoms with Gasteiger partial charge in [-0.15, -0.1) is 0 Å². The summed E-state index contributed by atoms with van der Waals surface area (Å²) < 4.78 is 11.2. The summed E-state index contributed by atoms with van der Waals surface area (Å²) in [6, 6.07) is -0.823. The largest absolute Gasteiger partial charge is 0.394 e. The lowest BCUT2D eigenvalue weighted by Crippen LogP contribution is -2.60. The predicted molar refractivity (Wildman–Crippen MR) is 230 cm³/mol. The summed E-state index contributed by atoms with van der Waals surface area (Å²) in [5.74, 6) is -0.194. The summed E-state index contributed by atoms with van der Waals surface area (Å²) in [4.78, 5) is 12.9.